The van der Waals surface area contributed by atoms with Crippen molar-refractivity contribution in [3.05, 3.63) is 48.7 Å². The molecule has 134 valence electrons. The zero-order chi connectivity index (χ0) is 18.4. The summed E-state index contributed by atoms with van der Waals surface area (Å²) in [6.07, 6.45) is 1.78. The van der Waals surface area contributed by atoms with Crippen LogP contribution < -0.4 is 16.0 Å². The first-order valence-electron chi connectivity index (χ1n) is 8.16. The van der Waals surface area contributed by atoms with E-state index < -0.39 is 5.25 Å². The second-order valence-corrected chi connectivity index (χ2v) is 6.90. The first kappa shape index (κ1) is 17.9. The minimum Gasteiger partial charge on any atom is -0.356 e. The molecule has 0 spiro atoms. The number of pyridine rings is 1. The number of para-hydroxylation sites is 1. The van der Waals surface area contributed by atoms with E-state index in [9.17, 15) is 14.4 Å². The van der Waals surface area contributed by atoms with Crippen molar-refractivity contribution in [2.45, 2.75) is 23.0 Å². The van der Waals surface area contributed by atoms with Crippen LogP contribution in [0, 0.1) is 0 Å². The number of nitrogens with zero attached hydrogens (tertiary/aromatic N) is 1. The quantitative estimate of drug-likeness (QED) is 0.722. The van der Waals surface area contributed by atoms with Gasteiger partial charge >= 0.3 is 0 Å². The molecule has 3 amide bonds. The molecule has 0 radical (unpaired) electrons. The Kier molecular flexibility index (Phi) is 5.85. The van der Waals surface area contributed by atoms with Crippen LogP contribution in [-0.4, -0.2) is 34.5 Å². The molecular formula is C18H18N4O3S. The van der Waals surface area contributed by atoms with Crippen molar-refractivity contribution < 1.29 is 14.4 Å². The lowest BCUT2D eigenvalue weighted by atomic mass is 10.2. The molecule has 1 aromatic carbocycles. The Morgan fingerprint density at radius 2 is 1.92 bits per heavy atom. The zero-order valence-corrected chi connectivity index (χ0v) is 14.7. The Morgan fingerprint density at radius 3 is 2.73 bits per heavy atom. The van der Waals surface area contributed by atoms with Crippen LogP contribution in [0.4, 0.5) is 11.5 Å². The molecule has 0 saturated heterocycles. The van der Waals surface area contributed by atoms with Gasteiger partial charge < -0.3 is 16.0 Å². The van der Waals surface area contributed by atoms with Crippen LogP contribution >= 0.6 is 11.8 Å². The molecule has 0 bridgehead atoms. The number of rotatable bonds is 6. The molecule has 1 atom stereocenters. The zero-order valence-electron chi connectivity index (χ0n) is 13.9. The predicted molar refractivity (Wildman–Crippen MR) is 99.8 cm³/mol. The number of thioether (sulfide) groups is 1. The third kappa shape index (κ3) is 4.82. The van der Waals surface area contributed by atoms with Crippen LogP contribution in [0.2, 0.25) is 0 Å². The summed E-state index contributed by atoms with van der Waals surface area (Å²) in [6, 6.07) is 12.7. The number of amides is 3. The highest BCUT2D eigenvalue weighted by atomic mass is 32.2. The number of carbonyl (C=O) groups is 3. The summed E-state index contributed by atoms with van der Waals surface area (Å²) in [5.74, 6) is -0.208. The van der Waals surface area contributed by atoms with Gasteiger partial charge in [0.15, 0.2) is 0 Å². The summed E-state index contributed by atoms with van der Waals surface area (Å²) in [4.78, 5) is 40.9. The summed E-state index contributed by atoms with van der Waals surface area (Å²) in [6.45, 7) is 0.201. The van der Waals surface area contributed by atoms with Crippen LogP contribution in [0.25, 0.3) is 0 Å². The lowest BCUT2D eigenvalue weighted by Crippen LogP contribution is -2.35. The first-order valence-corrected chi connectivity index (χ1v) is 9.04. The Balaban J connectivity index is 1.42. The van der Waals surface area contributed by atoms with Crippen molar-refractivity contribution in [2.75, 3.05) is 17.2 Å². The third-order valence-electron chi connectivity index (χ3n) is 3.68. The molecule has 1 aliphatic heterocycles. The highest BCUT2D eigenvalue weighted by molar-refractivity contribution is 8.01. The van der Waals surface area contributed by atoms with Gasteiger partial charge in [0.25, 0.3) is 0 Å². The topological polar surface area (TPSA) is 100 Å². The van der Waals surface area contributed by atoms with Gasteiger partial charge in [-0.2, -0.15) is 0 Å². The van der Waals surface area contributed by atoms with E-state index in [4.69, 9.17) is 0 Å². The third-order valence-corrected chi connectivity index (χ3v) is 4.96. The predicted octanol–water partition coefficient (Wildman–Crippen LogP) is 2.03. The highest BCUT2D eigenvalue weighted by Gasteiger charge is 2.28. The highest BCUT2D eigenvalue weighted by Crippen LogP contribution is 2.36. The SMILES string of the molecule is O=C(C[C@H]1Sc2ccccc2NC1=O)NCCC(=O)Nc1ccccn1. The Hall–Kier alpha value is -2.87. The fourth-order valence-electron chi connectivity index (χ4n) is 2.43. The van der Waals surface area contributed by atoms with Crippen LogP contribution in [0.5, 0.6) is 0 Å². The summed E-state index contributed by atoms with van der Waals surface area (Å²) in [5, 5.41) is 7.65. The molecule has 0 saturated carbocycles. The monoisotopic (exact) mass is 370 g/mol. The van der Waals surface area contributed by atoms with Gasteiger partial charge in [-0.15, -0.1) is 11.8 Å². The van der Waals surface area contributed by atoms with Gasteiger partial charge in [0.1, 0.15) is 5.82 Å². The summed E-state index contributed by atoms with van der Waals surface area (Å²) in [5.41, 5.74) is 0.769. The second-order valence-electron chi connectivity index (χ2n) is 5.66. The van der Waals surface area contributed by atoms with Gasteiger partial charge in [0, 0.05) is 30.5 Å². The smallest absolute Gasteiger partial charge is 0.238 e. The Labute approximate surface area is 155 Å². The van der Waals surface area contributed by atoms with E-state index in [0.29, 0.717) is 5.82 Å². The number of anilines is 2. The van der Waals surface area contributed by atoms with Crippen LogP contribution in [0.15, 0.2) is 53.6 Å². The molecule has 2 heterocycles. The molecule has 7 nitrogen and oxygen atoms in total. The van der Waals surface area contributed by atoms with Gasteiger partial charge in [0.05, 0.1) is 10.9 Å². The number of benzene rings is 1. The van der Waals surface area contributed by atoms with Crippen LogP contribution in [0.3, 0.4) is 0 Å². The molecule has 8 heteroatoms. The van der Waals surface area contributed by atoms with E-state index in [1.165, 1.54) is 11.8 Å². The van der Waals surface area contributed by atoms with Crippen LogP contribution in [0.1, 0.15) is 12.8 Å². The second kappa shape index (κ2) is 8.48. The fraction of sp³-hybridized carbons (Fsp3) is 0.222. The number of nitrogens with one attached hydrogen (secondary N) is 3. The molecule has 1 aromatic heterocycles. The number of carbonyl (C=O) groups excluding carboxylic acids is 3. The lowest BCUT2D eigenvalue weighted by Gasteiger charge is -2.23. The number of hydrogen-bond donors (Lipinski definition) is 3. The Morgan fingerprint density at radius 1 is 1.12 bits per heavy atom. The van der Waals surface area contributed by atoms with E-state index in [-0.39, 0.29) is 37.1 Å². The Bertz CT molecular complexity index is 813. The van der Waals surface area contributed by atoms with E-state index in [1.54, 1.807) is 24.4 Å². The molecule has 0 unspecified atom stereocenters. The largest absolute Gasteiger partial charge is 0.356 e. The number of aromatic nitrogens is 1. The van der Waals surface area contributed by atoms with Gasteiger partial charge in [-0.25, -0.2) is 4.98 Å². The maximum absolute atomic E-state index is 12.1. The van der Waals surface area contributed by atoms with Crippen molar-refractivity contribution in [1.29, 1.82) is 0 Å². The fourth-order valence-corrected chi connectivity index (χ4v) is 3.54. The van der Waals surface area contributed by atoms with Crippen molar-refractivity contribution in [1.82, 2.24) is 10.3 Å². The lowest BCUT2D eigenvalue weighted by molar-refractivity contribution is -0.124. The van der Waals surface area contributed by atoms with Crippen molar-refractivity contribution in [2.24, 2.45) is 0 Å². The molecule has 3 N–H and O–H groups in total. The van der Waals surface area contributed by atoms with Crippen molar-refractivity contribution in [3.8, 4) is 0 Å². The average Bonchev–Trinajstić information content (AvgIpc) is 2.63. The van der Waals surface area contributed by atoms with E-state index in [1.807, 2.05) is 24.3 Å². The van der Waals surface area contributed by atoms with Gasteiger partial charge in [-0.3, -0.25) is 14.4 Å². The molecule has 0 fully saturated rings. The van der Waals surface area contributed by atoms with Gasteiger partial charge in [-0.1, -0.05) is 18.2 Å². The number of hydrogen-bond acceptors (Lipinski definition) is 5. The van der Waals surface area contributed by atoms with Gasteiger partial charge in [0.2, 0.25) is 17.7 Å². The minimum absolute atomic E-state index is 0.0622. The normalized spacial score (nSPS) is 15.5. The van der Waals surface area contributed by atoms with E-state index in [0.717, 1.165) is 10.6 Å². The van der Waals surface area contributed by atoms with Gasteiger partial charge in [-0.05, 0) is 24.3 Å². The average molecular weight is 370 g/mol. The standard InChI is InChI=1S/C18H18N4O3S/c23-16(22-15-7-3-4-9-19-15)8-10-20-17(24)11-14-18(25)21-12-5-1-2-6-13(12)26-14/h1-7,9,14H,8,10-11H2,(H,20,24)(H,21,25)(H,19,22,23)/t14-/m1/s1. The van der Waals surface area contributed by atoms with Crippen LogP contribution in [-0.2, 0) is 14.4 Å². The first-order chi connectivity index (χ1) is 12.6. The minimum atomic E-state index is -0.479. The maximum Gasteiger partial charge on any atom is 0.238 e. The summed E-state index contributed by atoms with van der Waals surface area (Å²) >= 11 is 1.37. The van der Waals surface area contributed by atoms with Crippen molar-refractivity contribution >= 4 is 41.0 Å². The summed E-state index contributed by atoms with van der Waals surface area (Å²) < 4.78 is 0. The molecule has 2 aromatic rings. The molecule has 3 rings (SSSR count). The molecular weight excluding hydrogens is 352 g/mol. The van der Waals surface area contributed by atoms with E-state index >= 15 is 0 Å². The molecule has 0 aliphatic carbocycles. The molecule has 1 aliphatic rings. The number of fused-ring (bicyclic) bond motifs is 1. The summed E-state index contributed by atoms with van der Waals surface area (Å²) in [7, 11) is 0. The maximum atomic E-state index is 12.1. The molecule has 26 heavy (non-hydrogen) atoms. The van der Waals surface area contributed by atoms with Crippen molar-refractivity contribution in [3.63, 3.8) is 0 Å². The van der Waals surface area contributed by atoms with E-state index in [2.05, 4.69) is 20.9 Å².